The zero-order valence-electron chi connectivity index (χ0n) is 38.7. The van der Waals surface area contributed by atoms with E-state index in [0.29, 0.717) is 49.6 Å². The number of rotatable bonds is 12. The van der Waals surface area contributed by atoms with E-state index in [9.17, 15) is 19.2 Å². The third-order valence-electron chi connectivity index (χ3n) is 10.8. The van der Waals surface area contributed by atoms with Crippen molar-refractivity contribution in [1.29, 1.82) is 0 Å². The van der Waals surface area contributed by atoms with Gasteiger partial charge in [0.1, 0.15) is 11.6 Å². The second-order valence-corrected chi connectivity index (χ2v) is 16.8. The average Bonchev–Trinajstić information content (AvgIpc) is 4.08. The molecule has 63 heavy (non-hydrogen) atoms. The minimum Gasteiger partial charge on any atom is -0.453 e. The van der Waals surface area contributed by atoms with Crippen LogP contribution in [0.4, 0.5) is 4.79 Å². The molecule has 4 amide bonds. The first-order valence-corrected chi connectivity index (χ1v) is 22.5. The molecule has 3 heterocycles. The molecule has 1 aliphatic carbocycles. The third-order valence-corrected chi connectivity index (χ3v) is 10.8. The molecule has 5 aromatic rings. The first-order valence-electron chi connectivity index (χ1n) is 22.5. The Morgan fingerprint density at radius 2 is 1.52 bits per heavy atom. The Hall–Kier alpha value is -6.16. The molecule has 338 valence electrons. The number of imidazole rings is 2. The summed E-state index contributed by atoms with van der Waals surface area (Å²) in [6, 6.07) is 19.2. The minimum absolute atomic E-state index is 0.0387. The number of hydrogen-bond donors (Lipinski definition) is 4. The van der Waals surface area contributed by atoms with Crippen molar-refractivity contribution in [1.82, 2.24) is 29.7 Å². The van der Waals surface area contributed by atoms with Gasteiger partial charge in [0, 0.05) is 48.5 Å². The second kappa shape index (κ2) is 23.9. The molecule has 0 spiro atoms. The highest BCUT2D eigenvalue weighted by Gasteiger charge is 2.49. The summed E-state index contributed by atoms with van der Waals surface area (Å²) < 4.78 is 3.89. The number of methoxy groups -OCH3 is 1. The number of piperidine rings is 1. The number of nitrogens with one attached hydrogen (secondary N) is 2. The summed E-state index contributed by atoms with van der Waals surface area (Å²) in [5, 5.41) is 2.24. The standard InChI is InChI=1S/C42H48N6O2.C4H9NO.C2H5NO2.C2H6/c1-6-17-47(39(49)18-26(2)3)25-38-43-24-37(44-38)32-13-12-30-20-28(9-11-31(30)22-32)7-8-29-10-16-35-36(21-29)46-42(45-35)41-33-14-15-34(23-33)48(41)40(50)19-27(4)5;1-2-3-4(5)6;1-5-2(3)4;1-2/h9-13,16,20-22,24,26-27,33-34,41H,6,14-15,17-19,23,25H2,1-5H3,(H,43,44)(H,45,46);2-3H2,1H3,(H2,5,6);1H3,(H2,3,4);1-2H3/t33?,34-,41?;;;/m0.../s1. The van der Waals surface area contributed by atoms with Crippen LogP contribution in [-0.2, 0) is 25.7 Å². The maximum absolute atomic E-state index is 13.2. The smallest absolute Gasteiger partial charge is 0.404 e. The van der Waals surface area contributed by atoms with Crippen molar-refractivity contribution in [2.45, 2.75) is 125 Å². The summed E-state index contributed by atoms with van der Waals surface area (Å²) in [5.41, 5.74) is 14.9. The van der Waals surface area contributed by atoms with Gasteiger partial charge in [0.15, 0.2) is 0 Å². The summed E-state index contributed by atoms with van der Waals surface area (Å²) in [6.07, 6.45) is 7.87. The van der Waals surface area contributed by atoms with E-state index >= 15 is 0 Å². The van der Waals surface area contributed by atoms with Crippen molar-refractivity contribution in [3.05, 3.63) is 83.6 Å². The van der Waals surface area contributed by atoms with Gasteiger partial charge in [0.25, 0.3) is 0 Å². The van der Waals surface area contributed by atoms with Gasteiger partial charge in [-0.15, -0.1) is 0 Å². The maximum atomic E-state index is 13.2. The van der Waals surface area contributed by atoms with Crippen LogP contribution in [0.1, 0.15) is 136 Å². The van der Waals surface area contributed by atoms with E-state index in [4.69, 9.17) is 10.7 Å². The van der Waals surface area contributed by atoms with E-state index in [2.05, 4.69) is 119 Å². The first-order chi connectivity index (χ1) is 30.2. The quantitative estimate of drug-likeness (QED) is 0.0898. The van der Waals surface area contributed by atoms with Gasteiger partial charge in [-0.3, -0.25) is 14.4 Å². The fraction of sp³-hybridized carbons (Fsp3) is 0.480. The van der Waals surface area contributed by atoms with E-state index in [1.54, 1.807) is 0 Å². The molecule has 3 atom stereocenters. The van der Waals surface area contributed by atoms with Gasteiger partial charge in [-0.05, 0) is 97.0 Å². The number of fused-ring (bicyclic) bond motifs is 4. The Bertz CT molecular complexity index is 2370. The molecule has 1 saturated carbocycles. The van der Waals surface area contributed by atoms with Crippen LogP contribution in [0, 0.1) is 29.6 Å². The van der Waals surface area contributed by atoms with E-state index in [1.807, 2.05) is 44.0 Å². The number of aromatic amines is 2. The molecule has 6 N–H and O–H groups in total. The normalized spacial score (nSPS) is 16.0. The summed E-state index contributed by atoms with van der Waals surface area (Å²) in [7, 11) is 1.22. The fourth-order valence-electron chi connectivity index (χ4n) is 8.09. The van der Waals surface area contributed by atoms with Crippen LogP contribution in [0.5, 0.6) is 0 Å². The topological polar surface area (TPSA) is 193 Å². The number of nitrogens with two attached hydrogens (primary N) is 2. The highest BCUT2D eigenvalue weighted by molar-refractivity contribution is 5.88. The van der Waals surface area contributed by atoms with Crippen molar-refractivity contribution in [3.8, 4) is 23.1 Å². The van der Waals surface area contributed by atoms with Crippen molar-refractivity contribution in [2.75, 3.05) is 13.7 Å². The van der Waals surface area contributed by atoms with Crippen molar-refractivity contribution in [3.63, 3.8) is 0 Å². The Kier molecular flexibility index (Phi) is 18.8. The Labute approximate surface area is 373 Å². The van der Waals surface area contributed by atoms with Gasteiger partial charge < -0.3 is 36.0 Å². The van der Waals surface area contributed by atoms with E-state index in [-0.39, 0.29) is 23.8 Å². The molecule has 2 fully saturated rings. The molecule has 2 unspecified atom stereocenters. The number of aromatic nitrogens is 4. The molecule has 1 aliphatic heterocycles. The Balaban J connectivity index is 0.000000591. The zero-order valence-corrected chi connectivity index (χ0v) is 38.7. The van der Waals surface area contributed by atoms with Crippen LogP contribution in [-0.4, -0.2) is 73.2 Å². The van der Waals surface area contributed by atoms with Crippen molar-refractivity contribution < 1.29 is 23.9 Å². The molecule has 7 rings (SSSR count). The summed E-state index contributed by atoms with van der Waals surface area (Å²) in [4.78, 5) is 65.8. The largest absolute Gasteiger partial charge is 0.453 e. The van der Waals surface area contributed by atoms with E-state index < -0.39 is 6.09 Å². The third kappa shape index (κ3) is 13.9. The molecule has 1 saturated heterocycles. The van der Waals surface area contributed by atoms with E-state index in [0.717, 1.165) is 94.5 Å². The molecule has 2 aliphatic rings. The molecule has 13 nitrogen and oxygen atoms in total. The van der Waals surface area contributed by atoms with Gasteiger partial charge in [0.05, 0.1) is 42.6 Å². The first kappa shape index (κ1) is 49.5. The van der Waals surface area contributed by atoms with Gasteiger partial charge in [-0.25, -0.2) is 14.8 Å². The lowest BCUT2D eigenvalue weighted by Gasteiger charge is -2.34. The molecule has 2 bridgehead atoms. The van der Waals surface area contributed by atoms with Gasteiger partial charge in [-0.1, -0.05) is 85.4 Å². The number of likely N-dealkylation sites (tertiary alicyclic amines) is 1. The lowest BCUT2D eigenvalue weighted by atomic mass is 9.97. The molecular formula is C50H68N8O5. The number of carbonyl (C=O) groups excluding carboxylic acids is 4. The Morgan fingerprint density at radius 1 is 0.873 bits per heavy atom. The molecular weight excluding hydrogens is 793 g/mol. The van der Waals surface area contributed by atoms with Gasteiger partial charge in [0.2, 0.25) is 17.7 Å². The van der Waals surface area contributed by atoms with Crippen LogP contribution < -0.4 is 11.5 Å². The number of hydrogen-bond acceptors (Lipinski definition) is 7. The lowest BCUT2D eigenvalue weighted by molar-refractivity contribution is -0.136. The SMILES string of the molecule is CC.CCCC(N)=O.CCCN(Cc1ncc(-c2ccc3cc(C#Cc4ccc5nc(C6C7CC[C@@H](C7)N6C(=O)CC(C)C)[nH]c5c4)ccc3c2)[nH]1)C(=O)CC(C)C.COC(N)=O. The zero-order chi connectivity index (χ0) is 46.2. The van der Waals surface area contributed by atoms with Crippen LogP contribution in [0.3, 0.4) is 0 Å². The number of nitrogens with zero attached hydrogens (tertiary/aromatic N) is 4. The fourth-order valence-corrected chi connectivity index (χ4v) is 8.09. The van der Waals surface area contributed by atoms with Crippen molar-refractivity contribution >= 4 is 45.6 Å². The molecule has 13 heteroatoms. The number of benzene rings is 3. The Morgan fingerprint density at radius 3 is 2.14 bits per heavy atom. The number of amides is 4. The lowest BCUT2D eigenvalue weighted by Crippen LogP contribution is -2.41. The number of primary amides is 2. The van der Waals surface area contributed by atoms with Crippen LogP contribution >= 0.6 is 0 Å². The van der Waals surface area contributed by atoms with Crippen LogP contribution in [0.15, 0.2) is 60.8 Å². The summed E-state index contributed by atoms with van der Waals surface area (Å²) in [6.45, 7) is 17.6. The number of carbonyl (C=O) groups is 4. The predicted octanol–water partition coefficient (Wildman–Crippen LogP) is 9.40. The number of ether oxygens (including phenoxy) is 1. The maximum Gasteiger partial charge on any atom is 0.404 e. The summed E-state index contributed by atoms with van der Waals surface area (Å²) in [5.74, 6) is 9.78. The van der Waals surface area contributed by atoms with Gasteiger partial charge >= 0.3 is 6.09 Å². The summed E-state index contributed by atoms with van der Waals surface area (Å²) >= 11 is 0. The molecule has 3 aromatic carbocycles. The average molecular weight is 861 g/mol. The minimum atomic E-state index is -0.745. The second-order valence-electron chi connectivity index (χ2n) is 16.8. The number of H-pyrrole nitrogens is 2. The van der Waals surface area contributed by atoms with Crippen molar-refractivity contribution in [2.24, 2.45) is 29.2 Å². The van der Waals surface area contributed by atoms with Crippen LogP contribution in [0.25, 0.3) is 33.1 Å². The monoisotopic (exact) mass is 861 g/mol. The highest BCUT2D eigenvalue weighted by atomic mass is 16.5. The highest BCUT2D eigenvalue weighted by Crippen LogP contribution is 2.50. The van der Waals surface area contributed by atoms with E-state index in [1.165, 1.54) is 7.11 Å². The van der Waals surface area contributed by atoms with Gasteiger partial charge in [-0.2, -0.15) is 0 Å². The van der Waals surface area contributed by atoms with Crippen LogP contribution in [0.2, 0.25) is 0 Å². The molecule has 2 aromatic heterocycles. The predicted molar refractivity (Wildman–Crippen MR) is 251 cm³/mol. The molecule has 0 radical (unpaired) electrons.